The summed E-state index contributed by atoms with van der Waals surface area (Å²) in [5, 5.41) is 14.0. The predicted molar refractivity (Wildman–Crippen MR) is 102 cm³/mol. The average molecular weight is 363 g/mol. The molecule has 2 atom stereocenters. The van der Waals surface area contributed by atoms with Crippen LogP contribution in [-0.2, 0) is 9.53 Å². The molecule has 0 aliphatic carbocycles. The molecule has 7 nitrogen and oxygen atoms in total. The lowest BCUT2D eigenvalue weighted by Crippen LogP contribution is -2.40. The summed E-state index contributed by atoms with van der Waals surface area (Å²) >= 11 is 0. The van der Waals surface area contributed by atoms with Crippen LogP contribution in [0.4, 0.5) is 5.95 Å². The minimum absolute atomic E-state index is 0.331. The number of ether oxygens (including phenoxy) is 1. The number of carbonyl (C=O) groups excluding carboxylic acids is 1. The first-order valence-corrected chi connectivity index (χ1v) is 8.89. The second kappa shape index (κ2) is 6.26. The first kappa shape index (κ1) is 17.3. The van der Waals surface area contributed by atoms with E-state index >= 15 is 0 Å². The van der Waals surface area contributed by atoms with Crippen LogP contribution in [0, 0.1) is 5.92 Å². The molecule has 0 radical (unpaired) electrons. The Morgan fingerprint density at radius 2 is 1.85 bits per heavy atom. The highest BCUT2D eigenvalue weighted by Crippen LogP contribution is 2.38. The van der Waals surface area contributed by atoms with E-state index in [-0.39, 0.29) is 5.97 Å². The zero-order valence-corrected chi connectivity index (χ0v) is 15.7. The largest absolute Gasteiger partial charge is 0.459 e. The lowest BCUT2D eigenvalue weighted by molar-refractivity contribution is -0.158. The fraction of sp³-hybridized carbons (Fsp3) is 0.350. The third-order valence-corrected chi connectivity index (χ3v) is 4.58. The van der Waals surface area contributed by atoms with Crippen LogP contribution in [0.2, 0.25) is 0 Å². The lowest BCUT2D eigenvalue weighted by atomic mass is 9.86. The summed E-state index contributed by atoms with van der Waals surface area (Å²) < 4.78 is 7.32. The number of esters is 1. The molecule has 0 spiro atoms. The predicted octanol–water partition coefficient (Wildman–Crippen LogP) is 3.48. The van der Waals surface area contributed by atoms with Gasteiger partial charge in [0.25, 0.3) is 5.95 Å². The van der Waals surface area contributed by atoms with Gasteiger partial charge >= 0.3 is 5.97 Å². The Kier molecular flexibility index (Phi) is 4.02. The molecule has 1 aromatic heterocycles. The molecular formula is C20H21N5O2. The van der Waals surface area contributed by atoms with E-state index in [1.54, 1.807) is 4.68 Å². The fourth-order valence-corrected chi connectivity index (χ4v) is 3.52. The summed E-state index contributed by atoms with van der Waals surface area (Å²) in [6.07, 6.45) is 0. The zero-order chi connectivity index (χ0) is 19.2. The van der Waals surface area contributed by atoms with Crippen molar-refractivity contribution in [1.29, 1.82) is 0 Å². The van der Waals surface area contributed by atoms with E-state index in [1.807, 2.05) is 70.2 Å². The molecule has 27 heavy (non-hydrogen) atoms. The third kappa shape index (κ3) is 3.09. The maximum absolute atomic E-state index is 13.1. The Bertz CT molecular complexity index is 1040. The lowest BCUT2D eigenvalue weighted by Gasteiger charge is -2.32. The molecule has 0 bridgehead atoms. The Morgan fingerprint density at radius 3 is 2.63 bits per heavy atom. The van der Waals surface area contributed by atoms with Crippen LogP contribution in [0.3, 0.4) is 0 Å². The summed E-state index contributed by atoms with van der Waals surface area (Å²) in [5.41, 5.74) is 1.01. The highest BCUT2D eigenvalue weighted by Gasteiger charge is 2.41. The average Bonchev–Trinajstić information content (AvgIpc) is 3.06. The summed E-state index contributed by atoms with van der Waals surface area (Å²) in [4.78, 5) is 17.5. The molecule has 138 valence electrons. The third-order valence-electron chi connectivity index (χ3n) is 4.58. The van der Waals surface area contributed by atoms with Gasteiger partial charge in [-0.3, -0.25) is 4.79 Å². The molecule has 3 aromatic rings. The van der Waals surface area contributed by atoms with Crippen molar-refractivity contribution in [3.8, 4) is 0 Å². The van der Waals surface area contributed by atoms with Gasteiger partial charge in [-0.1, -0.05) is 47.6 Å². The van der Waals surface area contributed by atoms with Crippen molar-refractivity contribution in [2.45, 2.75) is 39.3 Å². The van der Waals surface area contributed by atoms with Gasteiger partial charge in [-0.05, 0) is 54.5 Å². The molecule has 0 fully saturated rings. The van der Waals surface area contributed by atoms with E-state index in [1.165, 1.54) is 0 Å². The molecule has 2 heterocycles. The number of aromatic nitrogens is 4. The molecule has 0 saturated heterocycles. The maximum atomic E-state index is 13.1. The first-order chi connectivity index (χ1) is 12.8. The molecule has 7 heteroatoms. The van der Waals surface area contributed by atoms with Crippen LogP contribution in [0.25, 0.3) is 10.8 Å². The number of carbonyl (C=O) groups is 1. The number of fused-ring (bicyclic) bond motifs is 2. The van der Waals surface area contributed by atoms with Crippen LogP contribution in [0.15, 0.2) is 47.5 Å². The first-order valence-electron chi connectivity index (χ1n) is 8.89. The number of nitrogens with zero attached hydrogens (tertiary/aromatic N) is 5. The minimum Gasteiger partial charge on any atom is -0.459 e. The highest BCUT2D eigenvalue weighted by atomic mass is 16.6. The van der Waals surface area contributed by atoms with Crippen molar-refractivity contribution >= 4 is 28.4 Å². The monoisotopic (exact) mass is 363 g/mol. The second-order valence-electron chi connectivity index (χ2n) is 7.70. The van der Waals surface area contributed by atoms with Crippen LogP contribution >= 0.6 is 0 Å². The van der Waals surface area contributed by atoms with Gasteiger partial charge in [0.05, 0.1) is 0 Å². The van der Waals surface area contributed by atoms with E-state index in [0.717, 1.165) is 16.3 Å². The smallest absolute Gasteiger partial charge is 0.317 e. The van der Waals surface area contributed by atoms with Gasteiger partial charge in [0.1, 0.15) is 17.6 Å². The van der Waals surface area contributed by atoms with E-state index in [9.17, 15) is 4.79 Å². The van der Waals surface area contributed by atoms with Crippen molar-refractivity contribution in [3.63, 3.8) is 0 Å². The number of hydrogen-bond donors (Lipinski definition) is 0. The van der Waals surface area contributed by atoms with Crippen molar-refractivity contribution in [3.05, 3.63) is 48.0 Å². The fourth-order valence-electron chi connectivity index (χ4n) is 3.52. The molecule has 2 aromatic carbocycles. The highest BCUT2D eigenvalue weighted by molar-refractivity contribution is 6.04. The zero-order valence-electron chi connectivity index (χ0n) is 15.7. The van der Waals surface area contributed by atoms with Gasteiger partial charge in [0.15, 0.2) is 0 Å². The van der Waals surface area contributed by atoms with Crippen LogP contribution in [0.5, 0.6) is 0 Å². The van der Waals surface area contributed by atoms with E-state index in [2.05, 4.69) is 20.5 Å². The summed E-state index contributed by atoms with van der Waals surface area (Å²) in [7, 11) is 0. The van der Waals surface area contributed by atoms with Gasteiger partial charge in [0.2, 0.25) is 0 Å². The van der Waals surface area contributed by atoms with Gasteiger partial charge < -0.3 is 4.74 Å². The van der Waals surface area contributed by atoms with Crippen molar-refractivity contribution in [2.75, 3.05) is 0 Å². The summed E-state index contributed by atoms with van der Waals surface area (Å²) in [6, 6.07) is 13.7. The Hall–Kier alpha value is -3.09. The Morgan fingerprint density at radius 1 is 1.11 bits per heavy atom. The van der Waals surface area contributed by atoms with Gasteiger partial charge in [0, 0.05) is 5.71 Å². The Labute approximate surface area is 157 Å². The number of tetrazole rings is 1. The number of hydrogen-bond acceptors (Lipinski definition) is 6. The molecule has 1 aliphatic rings. The number of benzene rings is 2. The second-order valence-corrected chi connectivity index (χ2v) is 7.70. The summed E-state index contributed by atoms with van der Waals surface area (Å²) in [6.45, 7) is 7.39. The number of aliphatic imine (C=N–C) groups is 1. The van der Waals surface area contributed by atoms with E-state index in [4.69, 9.17) is 4.74 Å². The van der Waals surface area contributed by atoms with Crippen molar-refractivity contribution in [2.24, 2.45) is 10.9 Å². The van der Waals surface area contributed by atoms with Crippen molar-refractivity contribution < 1.29 is 9.53 Å². The van der Waals surface area contributed by atoms with E-state index in [0.29, 0.717) is 11.7 Å². The van der Waals surface area contributed by atoms with Gasteiger partial charge in [-0.15, -0.1) is 0 Å². The van der Waals surface area contributed by atoms with Crippen LogP contribution in [0.1, 0.15) is 39.3 Å². The van der Waals surface area contributed by atoms with Gasteiger partial charge in [-0.25, -0.2) is 9.67 Å². The standard InChI is InChI=1S/C20H21N5O2/c1-12-16(18(26)27-20(2,3)4)17(25-19(21-12)22-23-24-25)15-11-7-9-13-8-5-6-10-14(13)15/h5-11,16-17H,1-4H3. The molecule has 1 aliphatic heterocycles. The van der Waals surface area contributed by atoms with Crippen molar-refractivity contribution in [1.82, 2.24) is 20.2 Å². The van der Waals surface area contributed by atoms with E-state index < -0.39 is 17.6 Å². The normalized spacial score (nSPS) is 19.5. The SMILES string of the molecule is CC1=Nc2nnnn2C(c2cccc3ccccc23)C1C(=O)OC(C)(C)C. The molecular weight excluding hydrogens is 342 g/mol. The molecule has 0 amide bonds. The Balaban J connectivity index is 1.91. The number of rotatable bonds is 2. The molecule has 0 saturated carbocycles. The summed E-state index contributed by atoms with van der Waals surface area (Å²) in [5.74, 6) is -0.542. The molecule has 4 rings (SSSR count). The minimum atomic E-state index is -0.606. The van der Waals surface area contributed by atoms with Crippen LogP contribution < -0.4 is 0 Å². The topological polar surface area (TPSA) is 82.3 Å². The molecule has 0 N–H and O–H groups in total. The molecule has 2 unspecified atom stereocenters. The maximum Gasteiger partial charge on any atom is 0.317 e. The van der Waals surface area contributed by atoms with Crippen LogP contribution in [-0.4, -0.2) is 37.5 Å². The quantitative estimate of drug-likeness (QED) is 0.651. The van der Waals surface area contributed by atoms with Gasteiger partial charge in [-0.2, -0.15) is 0 Å².